The van der Waals surface area contributed by atoms with Gasteiger partial charge in [-0.05, 0) is 48.5 Å². The molecule has 0 aliphatic carbocycles. The van der Waals surface area contributed by atoms with Crippen molar-refractivity contribution in [2.45, 2.75) is 12.5 Å². The highest BCUT2D eigenvalue weighted by atomic mass is 32.2. The lowest BCUT2D eigenvalue weighted by molar-refractivity contribution is 0.0953. The zero-order chi connectivity index (χ0) is 26.7. The molecule has 0 saturated carbocycles. The molecule has 2 heterocycles. The van der Waals surface area contributed by atoms with E-state index in [1.165, 1.54) is 0 Å². The number of carbonyl (C=O) groups excluding carboxylic acids is 1. The predicted octanol–water partition coefficient (Wildman–Crippen LogP) is 3.25. The number of aromatic nitrogens is 5. The number of tetrazole rings is 1. The Kier molecular flexibility index (Phi) is 7.14. The molecule has 10 nitrogen and oxygen atoms in total. The molecule has 0 amide bonds. The van der Waals surface area contributed by atoms with Crippen LogP contribution in [0.3, 0.4) is 0 Å². The maximum atomic E-state index is 13.7. The molecule has 0 bridgehead atoms. The number of para-hydroxylation sites is 1. The summed E-state index contributed by atoms with van der Waals surface area (Å²) in [5, 5.41) is 15.2. The van der Waals surface area contributed by atoms with E-state index in [4.69, 9.17) is 0 Å². The summed E-state index contributed by atoms with van der Waals surface area (Å²) in [6, 6.07) is 21.5. The molecule has 1 unspecified atom stereocenters. The Balaban J connectivity index is 1.45. The number of nitrogens with one attached hydrogen (secondary N) is 3. The summed E-state index contributed by atoms with van der Waals surface area (Å²) in [5.74, 6) is -0.0679. The van der Waals surface area contributed by atoms with E-state index in [0.717, 1.165) is 33.2 Å². The molecule has 0 fully saturated rings. The number of rotatable bonds is 10. The number of H-pyrrole nitrogens is 2. The van der Waals surface area contributed by atoms with Gasteiger partial charge >= 0.3 is 0 Å². The number of hydrogen-bond acceptors (Lipinski definition) is 7. The molecular weight excluding hydrogens is 502 g/mol. The second-order valence-electron chi connectivity index (χ2n) is 9.28. The largest absolute Gasteiger partial charge is 0.361 e. The molecule has 0 saturated heterocycles. The fourth-order valence-electron chi connectivity index (χ4n) is 4.52. The van der Waals surface area contributed by atoms with Gasteiger partial charge in [0.25, 0.3) is 0 Å². The first-order chi connectivity index (χ1) is 18.3. The Labute approximate surface area is 220 Å². The van der Waals surface area contributed by atoms with Crippen molar-refractivity contribution in [3.63, 3.8) is 0 Å². The summed E-state index contributed by atoms with van der Waals surface area (Å²) in [5.41, 5.74) is 4.74. The lowest BCUT2D eigenvalue weighted by atomic mass is 9.94. The average molecular weight is 530 g/mol. The van der Waals surface area contributed by atoms with Gasteiger partial charge in [-0.2, -0.15) is 5.21 Å². The standard InChI is InChI=1S/C27H27N7O3S/c1-34(2)17-38(36,37)31-25(15-20-16-28-24-10-6-5-8-22(20)24)26(35)19-13-11-18(12-14-19)21-7-3-4-9-23(21)27-29-32-33-30-27/h3-14,16,25,28,31H,15,17H2,1-2H3,(H,29,30,32,33). The quantitative estimate of drug-likeness (QED) is 0.236. The van der Waals surface area contributed by atoms with Crippen LogP contribution in [0.4, 0.5) is 0 Å². The van der Waals surface area contributed by atoms with Crippen LogP contribution in [-0.4, -0.2) is 70.7 Å². The summed E-state index contributed by atoms with van der Waals surface area (Å²) < 4.78 is 28.3. The number of benzene rings is 3. The van der Waals surface area contributed by atoms with E-state index >= 15 is 0 Å². The molecule has 0 aliphatic rings. The number of Topliss-reactive ketones (excluding diaryl/α,β-unsaturated/α-hetero) is 1. The van der Waals surface area contributed by atoms with Crippen molar-refractivity contribution in [3.05, 3.63) is 90.1 Å². The molecule has 3 N–H and O–H groups in total. The number of aromatic amines is 2. The molecule has 0 radical (unpaired) electrons. The molecule has 0 spiro atoms. The van der Waals surface area contributed by atoms with E-state index in [1.54, 1.807) is 31.1 Å². The van der Waals surface area contributed by atoms with Crippen molar-refractivity contribution in [1.29, 1.82) is 0 Å². The SMILES string of the molecule is CN(C)CS(=O)(=O)NC(Cc1c[nH]c2ccccc12)C(=O)c1ccc(-c2ccccc2-c2nn[nH]n2)cc1. The molecule has 2 aromatic heterocycles. The van der Waals surface area contributed by atoms with E-state index in [0.29, 0.717) is 11.4 Å². The summed E-state index contributed by atoms with van der Waals surface area (Å²) in [6.45, 7) is 0. The third kappa shape index (κ3) is 5.54. The third-order valence-electron chi connectivity index (χ3n) is 6.16. The van der Waals surface area contributed by atoms with Crippen molar-refractivity contribution >= 4 is 26.7 Å². The Hall–Kier alpha value is -4.19. The maximum absolute atomic E-state index is 13.7. The lowest BCUT2D eigenvalue weighted by Gasteiger charge is -2.20. The van der Waals surface area contributed by atoms with Crippen LogP contribution in [-0.2, 0) is 16.4 Å². The molecule has 3 aromatic carbocycles. The monoisotopic (exact) mass is 529 g/mol. The first-order valence-electron chi connectivity index (χ1n) is 12.0. The zero-order valence-electron chi connectivity index (χ0n) is 20.9. The summed E-state index contributed by atoms with van der Waals surface area (Å²) in [4.78, 5) is 18.4. The topological polar surface area (TPSA) is 137 Å². The maximum Gasteiger partial charge on any atom is 0.225 e. The second kappa shape index (κ2) is 10.7. The highest BCUT2D eigenvalue weighted by Crippen LogP contribution is 2.30. The molecule has 11 heteroatoms. The first kappa shape index (κ1) is 25.5. The van der Waals surface area contributed by atoms with E-state index in [2.05, 4.69) is 30.3 Å². The van der Waals surface area contributed by atoms with Gasteiger partial charge < -0.3 is 4.98 Å². The van der Waals surface area contributed by atoms with Gasteiger partial charge in [-0.25, -0.2) is 13.1 Å². The minimum atomic E-state index is -3.75. The van der Waals surface area contributed by atoms with Crippen LogP contribution < -0.4 is 4.72 Å². The summed E-state index contributed by atoms with van der Waals surface area (Å²) >= 11 is 0. The highest BCUT2D eigenvalue weighted by Gasteiger charge is 2.27. The van der Waals surface area contributed by atoms with Crippen LogP contribution >= 0.6 is 0 Å². The normalized spacial score (nSPS) is 12.7. The van der Waals surface area contributed by atoms with Crippen LogP contribution in [0, 0.1) is 0 Å². The summed E-state index contributed by atoms with van der Waals surface area (Å²) in [6.07, 6.45) is 2.03. The average Bonchev–Trinajstić information content (AvgIpc) is 3.58. The van der Waals surface area contributed by atoms with E-state index in [1.807, 2.05) is 66.9 Å². The van der Waals surface area contributed by atoms with Gasteiger partial charge in [-0.1, -0.05) is 66.7 Å². The van der Waals surface area contributed by atoms with E-state index in [9.17, 15) is 13.2 Å². The molecule has 1 atom stereocenters. The number of sulfonamides is 1. The van der Waals surface area contributed by atoms with Crippen molar-refractivity contribution in [2.75, 3.05) is 20.0 Å². The van der Waals surface area contributed by atoms with Crippen molar-refractivity contribution in [2.24, 2.45) is 0 Å². The van der Waals surface area contributed by atoms with Crippen molar-refractivity contribution < 1.29 is 13.2 Å². The van der Waals surface area contributed by atoms with Crippen LogP contribution in [0.1, 0.15) is 15.9 Å². The van der Waals surface area contributed by atoms with Gasteiger partial charge in [-0.15, -0.1) is 10.2 Å². The predicted molar refractivity (Wildman–Crippen MR) is 146 cm³/mol. The van der Waals surface area contributed by atoms with Crippen LogP contribution in [0.15, 0.2) is 79.0 Å². The number of hydrogen-bond donors (Lipinski definition) is 3. The van der Waals surface area contributed by atoms with Crippen molar-refractivity contribution in [1.82, 2.24) is 35.2 Å². The van der Waals surface area contributed by atoms with Gasteiger partial charge in [0.2, 0.25) is 15.8 Å². The van der Waals surface area contributed by atoms with Crippen LogP contribution in [0.5, 0.6) is 0 Å². The number of fused-ring (bicyclic) bond motifs is 1. The minimum Gasteiger partial charge on any atom is -0.361 e. The van der Waals surface area contributed by atoms with E-state index in [-0.39, 0.29) is 18.1 Å². The first-order valence-corrected chi connectivity index (χ1v) is 13.6. The van der Waals surface area contributed by atoms with Gasteiger partial charge in [0.1, 0.15) is 5.88 Å². The third-order valence-corrected chi connectivity index (χ3v) is 7.66. The van der Waals surface area contributed by atoms with Gasteiger partial charge in [-0.3, -0.25) is 9.69 Å². The van der Waals surface area contributed by atoms with Gasteiger partial charge in [0.15, 0.2) is 5.78 Å². The molecule has 0 aliphatic heterocycles. The Morgan fingerprint density at radius 1 is 0.974 bits per heavy atom. The van der Waals surface area contributed by atoms with Crippen LogP contribution in [0.2, 0.25) is 0 Å². The fourth-order valence-corrected chi connectivity index (χ4v) is 5.90. The Bertz CT molecular complexity index is 1660. The second-order valence-corrected chi connectivity index (χ2v) is 11.0. The van der Waals surface area contributed by atoms with Gasteiger partial charge in [0.05, 0.1) is 6.04 Å². The smallest absolute Gasteiger partial charge is 0.225 e. The molecule has 194 valence electrons. The number of nitrogens with zero attached hydrogens (tertiary/aromatic N) is 4. The molecule has 38 heavy (non-hydrogen) atoms. The lowest BCUT2D eigenvalue weighted by Crippen LogP contribution is -2.45. The minimum absolute atomic E-state index is 0.206. The van der Waals surface area contributed by atoms with E-state index < -0.39 is 16.1 Å². The Morgan fingerprint density at radius 2 is 1.68 bits per heavy atom. The van der Waals surface area contributed by atoms with Gasteiger partial charge in [0, 0.05) is 28.2 Å². The van der Waals surface area contributed by atoms with Crippen LogP contribution in [0.25, 0.3) is 33.4 Å². The van der Waals surface area contributed by atoms with Crippen molar-refractivity contribution in [3.8, 4) is 22.5 Å². The molecule has 5 aromatic rings. The fraction of sp³-hybridized carbons (Fsp3) is 0.185. The highest BCUT2D eigenvalue weighted by molar-refractivity contribution is 7.89. The summed E-state index contributed by atoms with van der Waals surface area (Å²) in [7, 11) is -0.414. The molecule has 5 rings (SSSR count). The number of ketones is 1. The molecular formula is C27H27N7O3S. The Morgan fingerprint density at radius 3 is 2.39 bits per heavy atom. The number of carbonyl (C=O) groups is 1. The zero-order valence-corrected chi connectivity index (χ0v) is 21.7.